The van der Waals surface area contributed by atoms with Crippen molar-refractivity contribution in [1.29, 1.82) is 0 Å². The predicted molar refractivity (Wildman–Crippen MR) is 76.4 cm³/mol. The Hall–Kier alpha value is -1.31. The zero-order chi connectivity index (χ0) is 13.1. The maximum absolute atomic E-state index is 13.7. The summed E-state index contributed by atoms with van der Waals surface area (Å²) in [6.07, 6.45) is 1.91. The highest BCUT2D eigenvalue weighted by Crippen LogP contribution is 2.23. The van der Waals surface area contributed by atoms with E-state index in [0.29, 0.717) is 15.6 Å². The first kappa shape index (κ1) is 13.1. The summed E-state index contributed by atoms with van der Waals surface area (Å²) in [4.78, 5) is 0. The van der Waals surface area contributed by atoms with E-state index in [2.05, 4.69) is 0 Å². The quantitative estimate of drug-likeness (QED) is 0.620. The summed E-state index contributed by atoms with van der Waals surface area (Å²) < 4.78 is 13.7. The molecule has 0 aliphatic carbocycles. The van der Waals surface area contributed by atoms with E-state index in [1.54, 1.807) is 24.3 Å². The second-order valence-electron chi connectivity index (χ2n) is 4.00. The summed E-state index contributed by atoms with van der Waals surface area (Å²) >= 11 is 11.5. The van der Waals surface area contributed by atoms with Crippen LogP contribution in [0.25, 0.3) is 11.6 Å². The molecule has 0 amide bonds. The summed E-state index contributed by atoms with van der Waals surface area (Å²) in [5, 5.41) is 1.08. The van der Waals surface area contributed by atoms with Gasteiger partial charge >= 0.3 is 0 Å². The summed E-state index contributed by atoms with van der Waals surface area (Å²) in [7, 11) is 0. The van der Waals surface area contributed by atoms with Crippen molar-refractivity contribution in [2.24, 2.45) is 0 Å². The highest BCUT2D eigenvalue weighted by Gasteiger charge is 2.04. The van der Waals surface area contributed by atoms with Crippen LogP contribution in [0.1, 0.15) is 18.1 Å². The summed E-state index contributed by atoms with van der Waals surface area (Å²) in [5.41, 5.74) is 2.37. The fourth-order valence-electron chi connectivity index (χ4n) is 1.70. The van der Waals surface area contributed by atoms with Crippen molar-refractivity contribution >= 4 is 34.9 Å². The van der Waals surface area contributed by atoms with Crippen LogP contribution < -0.4 is 0 Å². The van der Waals surface area contributed by atoms with Crippen LogP contribution >= 0.6 is 23.2 Å². The summed E-state index contributed by atoms with van der Waals surface area (Å²) in [5.74, 6) is -0.315. The van der Waals surface area contributed by atoms with Gasteiger partial charge in [-0.15, -0.1) is 0 Å². The molecule has 0 radical (unpaired) electrons. The monoisotopic (exact) mass is 280 g/mol. The minimum absolute atomic E-state index is 0.315. The molecule has 92 valence electrons. The van der Waals surface area contributed by atoms with Crippen molar-refractivity contribution in [1.82, 2.24) is 0 Å². The predicted octanol–water partition coefficient (Wildman–Crippen LogP) is 5.69. The Bertz CT molecular complexity index is 586. The number of halogens is 3. The topological polar surface area (TPSA) is 0 Å². The van der Waals surface area contributed by atoms with E-state index < -0.39 is 0 Å². The van der Waals surface area contributed by atoms with Gasteiger partial charge in [-0.3, -0.25) is 0 Å². The molecule has 2 rings (SSSR count). The first-order chi connectivity index (χ1) is 8.56. The molecule has 18 heavy (non-hydrogen) atoms. The van der Waals surface area contributed by atoms with Crippen molar-refractivity contribution in [3.8, 4) is 0 Å². The highest BCUT2D eigenvalue weighted by molar-refractivity contribution is 6.30. The first-order valence-corrected chi connectivity index (χ1v) is 6.21. The molecule has 0 nitrogen and oxygen atoms in total. The average Bonchev–Trinajstić information content (AvgIpc) is 2.32. The third-order valence-corrected chi connectivity index (χ3v) is 3.10. The fourth-order valence-corrected chi connectivity index (χ4v) is 1.98. The lowest BCUT2D eigenvalue weighted by Crippen LogP contribution is -1.86. The van der Waals surface area contributed by atoms with Crippen LogP contribution in [0.15, 0.2) is 42.5 Å². The molecule has 0 fully saturated rings. The zero-order valence-corrected chi connectivity index (χ0v) is 11.3. The van der Waals surface area contributed by atoms with E-state index in [9.17, 15) is 4.39 Å². The molecule has 2 aromatic rings. The third-order valence-electron chi connectivity index (χ3n) is 2.61. The highest BCUT2D eigenvalue weighted by atomic mass is 35.5. The van der Waals surface area contributed by atoms with Crippen molar-refractivity contribution < 1.29 is 4.39 Å². The number of hydrogen-bond acceptors (Lipinski definition) is 0. The smallest absolute Gasteiger partial charge is 0.132 e. The van der Waals surface area contributed by atoms with E-state index in [1.807, 2.05) is 25.1 Å². The van der Waals surface area contributed by atoms with Crippen LogP contribution in [0.2, 0.25) is 10.0 Å². The largest absolute Gasteiger partial charge is 0.206 e. The molecule has 0 unspecified atom stereocenters. The molecule has 0 aliphatic rings. The van der Waals surface area contributed by atoms with E-state index in [4.69, 9.17) is 23.2 Å². The Labute approximate surface area is 116 Å². The molecule has 0 saturated carbocycles. The van der Waals surface area contributed by atoms with Gasteiger partial charge in [-0.05, 0) is 42.3 Å². The first-order valence-electron chi connectivity index (χ1n) is 5.45. The minimum Gasteiger partial charge on any atom is -0.206 e. The van der Waals surface area contributed by atoms with E-state index in [-0.39, 0.29) is 5.82 Å². The van der Waals surface area contributed by atoms with Gasteiger partial charge in [-0.25, -0.2) is 4.39 Å². The minimum atomic E-state index is -0.315. The van der Waals surface area contributed by atoms with Gasteiger partial charge in [-0.1, -0.05) is 47.5 Å². The van der Waals surface area contributed by atoms with Crippen LogP contribution in [0.3, 0.4) is 0 Å². The molecule has 3 heteroatoms. The maximum Gasteiger partial charge on any atom is 0.132 e. The number of allylic oxidation sites excluding steroid dienone is 1. The van der Waals surface area contributed by atoms with Gasteiger partial charge < -0.3 is 0 Å². The average molecular weight is 281 g/mol. The molecule has 0 spiro atoms. The van der Waals surface area contributed by atoms with E-state index in [1.165, 1.54) is 6.07 Å². The van der Waals surface area contributed by atoms with Crippen molar-refractivity contribution in [3.63, 3.8) is 0 Å². The molecule has 2 aromatic carbocycles. The van der Waals surface area contributed by atoms with Crippen molar-refractivity contribution in [2.45, 2.75) is 6.92 Å². The van der Waals surface area contributed by atoms with Gasteiger partial charge in [0.05, 0.1) is 0 Å². The van der Waals surface area contributed by atoms with Crippen LogP contribution in [0.4, 0.5) is 4.39 Å². The van der Waals surface area contributed by atoms with Crippen LogP contribution in [-0.4, -0.2) is 0 Å². The SMILES string of the molecule is C/C(=C/c1ccc(Cl)cc1)c1ccc(Cl)cc1F. The molecular weight excluding hydrogens is 270 g/mol. The molecule has 0 saturated heterocycles. The normalized spacial score (nSPS) is 11.7. The van der Waals surface area contributed by atoms with Crippen LogP contribution in [0, 0.1) is 5.82 Å². The number of hydrogen-bond donors (Lipinski definition) is 0. The molecule has 0 heterocycles. The lowest BCUT2D eigenvalue weighted by molar-refractivity contribution is 0.624. The Morgan fingerprint density at radius 1 is 1.00 bits per heavy atom. The Kier molecular flexibility index (Phi) is 4.05. The molecule has 0 bridgehead atoms. The van der Waals surface area contributed by atoms with Gasteiger partial charge in [0.25, 0.3) is 0 Å². The fraction of sp³-hybridized carbons (Fsp3) is 0.0667. The second-order valence-corrected chi connectivity index (χ2v) is 4.88. The third kappa shape index (κ3) is 3.12. The van der Waals surface area contributed by atoms with Crippen LogP contribution in [0.5, 0.6) is 0 Å². The molecule has 0 aromatic heterocycles. The molecular formula is C15H11Cl2F. The van der Waals surface area contributed by atoms with E-state index in [0.717, 1.165) is 11.1 Å². The Morgan fingerprint density at radius 2 is 1.61 bits per heavy atom. The Morgan fingerprint density at radius 3 is 2.22 bits per heavy atom. The van der Waals surface area contributed by atoms with Gasteiger partial charge in [0, 0.05) is 15.6 Å². The maximum atomic E-state index is 13.7. The summed E-state index contributed by atoms with van der Waals surface area (Å²) in [6.45, 7) is 1.86. The molecule has 0 aliphatic heterocycles. The van der Waals surface area contributed by atoms with Gasteiger partial charge in [0.15, 0.2) is 0 Å². The second kappa shape index (κ2) is 5.55. The van der Waals surface area contributed by atoms with Gasteiger partial charge in [0.2, 0.25) is 0 Å². The molecule has 0 N–H and O–H groups in total. The number of rotatable bonds is 2. The molecule has 0 atom stereocenters. The Balaban J connectivity index is 2.35. The lowest BCUT2D eigenvalue weighted by Gasteiger charge is -2.04. The number of benzene rings is 2. The summed E-state index contributed by atoms with van der Waals surface area (Å²) in [6, 6.07) is 12.1. The van der Waals surface area contributed by atoms with Crippen LogP contribution in [-0.2, 0) is 0 Å². The zero-order valence-electron chi connectivity index (χ0n) is 9.75. The standard InChI is InChI=1S/C15H11Cl2F/c1-10(8-11-2-4-12(16)5-3-11)14-7-6-13(17)9-15(14)18/h2-9H,1H3/b10-8-. The van der Waals surface area contributed by atoms with Gasteiger partial charge in [-0.2, -0.15) is 0 Å². The van der Waals surface area contributed by atoms with E-state index >= 15 is 0 Å². The van der Waals surface area contributed by atoms with Crippen molar-refractivity contribution in [2.75, 3.05) is 0 Å². The lowest BCUT2D eigenvalue weighted by atomic mass is 10.0. The van der Waals surface area contributed by atoms with Crippen molar-refractivity contribution in [3.05, 3.63) is 69.5 Å². The van der Waals surface area contributed by atoms with Gasteiger partial charge in [0.1, 0.15) is 5.82 Å².